The molecule has 0 fully saturated rings. The summed E-state index contributed by atoms with van der Waals surface area (Å²) < 4.78 is 13.3. The van der Waals surface area contributed by atoms with E-state index in [4.69, 9.17) is 8.83 Å². The normalized spacial score (nSPS) is 12.9. The van der Waals surface area contributed by atoms with Crippen molar-refractivity contribution in [3.05, 3.63) is 414 Å². The first-order valence-corrected chi connectivity index (χ1v) is 39.2. The van der Waals surface area contributed by atoms with Crippen LogP contribution in [0.2, 0.25) is 0 Å². The van der Waals surface area contributed by atoms with Gasteiger partial charge in [0.15, 0.2) is 0 Å². The Hall–Kier alpha value is -13.1. The summed E-state index contributed by atoms with van der Waals surface area (Å²) in [5.74, 6) is 0. The maximum atomic E-state index is 6.15. The molecule has 0 bridgehead atoms. The molecule has 111 heavy (non-hydrogen) atoms. The molecule has 2 aliphatic rings. The number of para-hydroxylation sites is 2. The molecule has 22 rings (SSSR count). The molecule has 3 nitrogen and oxygen atoms in total. The molecule has 4 heteroatoms. The van der Waals surface area contributed by atoms with Gasteiger partial charge in [0.25, 0.3) is 0 Å². The number of rotatable bonds is 9. The van der Waals surface area contributed by atoms with E-state index in [0.717, 1.165) is 61.1 Å². The summed E-state index contributed by atoms with van der Waals surface area (Å²) in [7, 11) is 0. The minimum Gasteiger partial charge on any atom is -0.456 e. The zero-order valence-corrected chi connectivity index (χ0v) is 63.7. The summed E-state index contributed by atoms with van der Waals surface area (Å²) in [5.41, 5.74) is 30.3. The average Bonchev–Trinajstić information content (AvgIpc) is 1.58. The second-order valence-corrected chi connectivity index (χ2v) is 31.7. The van der Waals surface area contributed by atoms with E-state index < -0.39 is 0 Å². The SMILES string of the molecule is CC1(C)c2cc(-c3ccc4oc5ccccc5c4c3)ccc2-c2ccc(N(c3ccc(-c4cccc5ccccc45)cc3)c3ccc4ccccc4c3)cc21.CC1(C)c2cc(Br)ccc2-c2ccc(-c3ccc4oc5ccccc5c4c3)cc21.c1ccc2cc(Cc3ccc(-c4cccc5ccccc45)cc3)ccc2c1. The van der Waals surface area contributed by atoms with E-state index in [1.165, 1.54) is 154 Å². The van der Waals surface area contributed by atoms with Crippen LogP contribution in [0.5, 0.6) is 0 Å². The predicted octanol–water partition coefficient (Wildman–Crippen LogP) is 30.6. The average molecular weight is 1490 g/mol. The van der Waals surface area contributed by atoms with Gasteiger partial charge in [-0.25, -0.2) is 0 Å². The van der Waals surface area contributed by atoms with Crippen LogP contribution in [0.1, 0.15) is 61.1 Å². The van der Waals surface area contributed by atoms with Crippen molar-refractivity contribution in [2.45, 2.75) is 44.9 Å². The number of halogens is 1. The molecule has 528 valence electrons. The Morgan fingerprint density at radius 2 is 0.595 bits per heavy atom. The van der Waals surface area contributed by atoms with Gasteiger partial charge in [-0.1, -0.05) is 323 Å². The van der Waals surface area contributed by atoms with Gasteiger partial charge < -0.3 is 13.7 Å². The molecule has 0 atom stereocenters. The number of nitrogens with zero attached hydrogens (tertiary/aromatic N) is 1. The Kier molecular flexibility index (Phi) is 16.5. The summed E-state index contributed by atoms with van der Waals surface area (Å²) in [4.78, 5) is 2.41. The number of benzene rings is 18. The monoisotopic (exact) mass is 1490 g/mol. The van der Waals surface area contributed by atoms with E-state index in [2.05, 4.69) is 400 Å². The van der Waals surface area contributed by atoms with Gasteiger partial charge in [0.2, 0.25) is 0 Å². The third-order valence-electron chi connectivity index (χ3n) is 23.5. The molecule has 0 amide bonds. The van der Waals surface area contributed by atoms with Gasteiger partial charge in [-0.3, -0.25) is 0 Å². The Morgan fingerprint density at radius 1 is 0.234 bits per heavy atom. The standard InChI is InChI=1S/C53H37NO.C27H19BrO.C27H20/c1-53(2)49-32-39(38-22-29-52-48(31-38)47-15-7-8-17-51(47)55-52)21-27-45(49)46-28-26-42(33-50(46)53)54(41-25-18-34-10-3-4-12-37(34)30-41)40-23-19-36(20-24-40)44-16-9-13-35-11-5-6-14-43(35)44;1-27(2)23-14-17(7-10-19(23)20-11-9-18(28)15-24(20)27)16-8-12-26-22(13-16)21-5-3-4-6-25(21)29-26;1-2-8-25-19-21(14-15-22(25)6-1)18-20-12-16-24(17-13-20)27-11-5-9-23-7-3-4-10-26(23)27/h3-33H,1-2H3;3-15H,1-2H3;1-17,19H,18H2. The number of hydrogen-bond donors (Lipinski definition) is 0. The maximum absolute atomic E-state index is 6.15. The lowest BCUT2D eigenvalue weighted by molar-refractivity contribution is 0.660. The Balaban J connectivity index is 0.000000120. The van der Waals surface area contributed by atoms with Crippen LogP contribution in [-0.4, -0.2) is 0 Å². The summed E-state index contributed by atoms with van der Waals surface area (Å²) in [6, 6.07) is 136. The smallest absolute Gasteiger partial charge is 0.135 e. The van der Waals surface area contributed by atoms with Crippen molar-refractivity contribution >= 4 is 120 Å². The molecule has 2 aliphatic carbocycles. The first-order valence-electron chi connectivity index (χ1n) is 38.4. The molecule has 0 N–H and O–H groups in total. The van der Waals surface area contributed by atoms with Crippen LogP contribution in [0.3, 0.4) is 0 Å². The molecule has 20 aromatic rings. The molecular weight excluding hydrogens is 1410 g/mol. The topological polar surface area (TPSA) is 29.5 Å². The first kappa shape index (κ1) is 67.2. The first-order chi connectivity index (χ1) is 54.4. The Bertz CT molecular complexity index is 7060. The lowest BCUT2D eigenvalue weighted by atomic mass is 9.81. The van der Waals surface area contributed by atoms with Crippen LogP contribution in [0.15, 0.2) is 389 Å². The van der Waals surface area contributed by atoms with E-state index >= 15 is 0 Å². The highest BCUT2D eigenvalue weighted by Crippen LogP contribution is 2.54. The highest BCUT2D eigenvalue weighted by molar-refractivity contribution is 9.10. The van der Waals surface area contributed by atoms with E-state index in [-0.39, 0.29) is 10.8 Å². The number of furan rings is 2. The minimum absolute atomic E-state index is 0.0170. The van der Waals surface area contributed by atoms with E-state index in [9.17, 15) is 0 Å². The van der Waals surface area contributed by atoms with E-state index in [1.807, 2.05) is 24.3 Å². The highest BCUT2D eigenvalue weighted by Gasteiger charge is 2.38. The fourth-order valence-electron chi connectivity index (χ4n) is 17.6. The zero-order valence-electron chi connectivity index (χ0n) is 62.1. The van der Waals surface area contributed by atoms with Crippen molar-refractivity contribution in [3.8, 4) is 66.8 Å². The van der Waals surface area contributed by atoms with Gasteiger partial charge in [0, 0.05) is 53.9 Å². The van der Waals surface area contributed by atoms with Crippen LogP contribution in [0.25, 0.3) is 154 Å². The number of anilines is 3. The lowest BCUT2D eigenvalue weighted by Crippen LogP contribution is -2.16. The van der Waals surface area contributed by atoms with Crippen LogP contribution in [0, 0.1) is 0 Å². The summed E-state index contributed by atoms with van der Waals surface area (Å²) in [5, 5.41) is 14.8. The van der Waals surface area contributed by atoms with Crippen molar-refractivity contribution in [3.63, 3.8) is 0 Å². The van der Waals surface area contributed by atoms with E-state index in [0.29, 0.717) is 0 Å². The van der Waals surface area contributed by atoms with Gasteiger partial charge in [-0.05, 0) is 247 Å². The van der Waals surface area contributed by atoms with E-state index in [1.54, 1.807) is 0 Å². The van der Waals surface area contributed by atoms with Gasteiger partial charge in [0.1, 0.15) is 22.3 Å². The second kappa shape index (κ2) is 27.2. The van der Waals surface area contributed by atoms with Crippen molar-refractivity contribution in [1.29, 1.82) is 0 Å². The Labute approximate surface area is 654 Å². The fourth-order valence-corrected chi connectivity index (χ4v) is 18.0. The van der Waals surface area contributed by atoms with Gasteiger partial charge >= 0.3 is 0 Å². The molecular formula is C107H76BrNO2. The largest absolute Gasteiger partial charge is 0.456 e. The van der Waals surface area contributed by atoms with Crippen LogP contribution < -0.4 is 4.90 Å². The zero-order chi connectivity index (χ0) is 74.5. The number of fused-ring (bicyclic) bond motifs is 16. The minimum atomic E-state index is -0.198. The van der Waals surface area contributed by atoms with Gasteiger partial charge in [-0.2, -0.15) is 0 Å². The van der Waals surface area contributed by atoms with Crippen molar-refractivity contribution in [2.24, 2.45) is 0 Å². The van der Waals surface area contributed by atoms with Crippen LogP contribution in [0.4, 0.5) is 17.1 Å². The summed E-state index contributed by atoms with van der Waals surface area (Å²) in [6.45, 7) is 9.38. The lowest BCUT2D eigenvalue weighted by Gasteiger charge is -2.28. The molecule has 0 aliphatic heterocycles. The van der Waals surface area contributed by atoms with Crippen LogP contribution >= 0.6 is 15.9 Å². The molecule has 0 unspecified atom stereocenters. The van der Waals surface area contributed by atoms with Crippen molar-refractivity contribution in [2.75, 3.05) is 4.90 Å². The molecule has 18 aromatic carbocycles. The molecule has 2 aromatic heterocycles. The van der Waals surface area contributed by atoms with Crippen LogP contribution in [-0.2, 0) is 17.3 Å². The predicted molar refractivity (Wildman–Crippen MR) is 472 cm³/mol. The molecule has 0 radical (unpaired) electrons. The molecule has 0 saturated carbocycles. The van der Waals surface area contributed by atoms with Crippen molar-refractivity contribution < 1.29 is 8.83 Å². The Morgan fingerprint density at radius 3 is 1.14 bits per heavy atom. The molecule has 0 saturated heterocycles. The third-order valence-corrected chi connectivity index (χ3v) is 24.0. The summed E-state index contributed by atoms with van der Waals surface area (Å²) in [6.07, 6.45) is 0.959. The number of hydrogen-bond acceptors (Lipinski definition) is 3. The fraction of sp³-hybridized carbons (Fsp3) is 0.0654. The highest BCUT2D eigenvalue weighted by atomic mass is 79.9. The third kappa shape index (κ3) is 12.1. The maximum Gasteiger partial charge on any atom is 0.135 e. The quantitative estimate of drug-likeness (QED) is 0.144. The van der Waals surface area contributed by atoms with Gasteiger partial charge in [-0.15, -0.1) is 0 Å². The summed E-state index contributed by atoms with van der Waals surface area (Å²) >= 11 is 3.64. The second-order valence-electron chi connectivity index (χ2n) is 30.8. The molecule has 2 heterocycles. The molecule has 0 spiro atoms. The van der Waals surface area contributed by atoms with Gasteiger partial charge in [0.05, 0.1) is 0 Å². The van der Waals surface area contributed by atoms with Crippen molar-refractivity contribution in [1.82, 2.24) is 0 Å².